The number of anilines is 1. The highest BCUT2D eigenvalue weighted by atomic mass is 16.5. The predicted octanol–water partition coefficient (Wildman–Crippen LogP) is 1.44. The van der Waals surface area contributed by atoms with Crippen molar-refractivity contribution in [2.24, 2.45) is 10.8 Å². The number of benzene rings is 1. The summed E-state index contributed by atoms with van der Waals surface area (Å²) >= 11 is 0. The van der Waals surface area contributed by atoms with Gasteiger partial charge >= 0.3 is 5.97 Å². The Bertz CT molecular complexity index is 880. The minimum Gasteiger partial charge on any atom is -0.466 e. The topological polar surface area (TPSA) is 183 Å². The molecule has 1 aromatic carbocycles. The number of hydrogen-bond donors (Lipinski definition) is 4. The zero-order chi connectivity index (χ0) is 22.4. The molecule has 1 atom stereocenters. The van der Waals surface area contributed by atoms with E-state index in [1.165, 1.54) is 0 Å². The minimum atomic E-state index is -0.826. The molecule has 1 unspecified atom stereocenters. The highest BCUT2D eigenvalue weighted by Crippen LogP contribution is 2.10. The zero-order valence-corrected chi connectivity index (χ0v) is 16.5. The highest BCUT2D eigenvalue weighted by Gasteiger charge is 2.16. The number of amidine groups is 1. The average molecular weight is 413 g/mol. The van der Waals surface area contributed by atoms with Gasteiger partial charge in [-0.15, -0.1) is 0 Å². The molecule has 158 valence electrons. The quantitative estimate of drug-likeness (QED) is 0.0859. The maximum atomic E-state index is 12.1. The van der Waals surface area contributed by atoms with Crippen molar-refractivity contribution in [3.8, 4) is 11.8 Å². The third-order valence-corrected chi connectivity index (χ3v) is 3.56. The number of amides is 2. The fourth-order valence-electron chi connectivity index (χ4n) is 2.21. The van der Waals surface area contributed by atoms with Gasteiger partial charge in [0.05, 0.1) is 19.6 Å². The van der Waals surface area contributed by atoms with Gasteiger partial charge in [0, 0.05) is 29.0 Å². The number of ether oxygens (including phenoxy) is 1. The number of nitrogen functional groups attached to an aromatic ring is 1. The maximum Gasteiger partial charge on any atom is 0.308 e. The number of rotatable bonds is 10. The fraction of sp³-hybridized carbons (Fsp3) is 0.368. The monoisotopic (exact) mass is 413 g/mol. The summed E-state index contributed by atoms with van der Waals surface area (Å²) < 4.78 is 4.84. The lowest BCUT2D eigenvalue weighted by molar-refractivity contribution is -0.143. The van der Waals surface area contributed by atoms with E-state index in [9.17, 15) is 14.4 Å². The van der Waals surface area contributed by atoms with E-state index in [0.29, 0.717) is 11.3 Å². The van der Waals surface area contributed by atoms with E-state index in [2.05, 4.69) is 32.5 Å². The second kappa shape index (κ2) is 13.2. The summed E-state index contributed by atoms with van der Waals surface area (Å²) in [4.78, 5) is 38.4. The number of carbonyl (C=O) groups excluding carboxylic acids is 3. The van der Waals surface area contributed by atoms with Crippen molar-refractivity contribution < 1.29 is 19.1 Å². The molecule has 2 amide bonds. The molecule has 0 aromatic heterocycles. The molecular formula is C19H23N7O4. The second-order valence-electron chi connectivity index (χ2n) is 5.88. The summed E-state index contributed by atoms with van der Waals surface area (Å²) in [6, 6.07) is 5.57. The number of nitrogens with one attached hydrogen (secondary N) is 3. The highest BCUT2D eigenvalue weighted by molar-refractivity contribution is 5.96. The van der Waals surface area contributed by atoms with Crippen molar-refractivity contribution in [1.82, 2.24) is 5.32 Å². The number of hydrogen-bond acceptors (Lipinski definition) is 6. The summed E-state index contributed by atoms with van der Waals surface area (Å²) in [6.45, 7) is 1.75. The second-order valence-corrected chi connectivity index (χ2v) is 5.88. The molecule has 0 radical (unpaired) electrons. The van der Waals surface area contributed by atoms with Gasteiger partial charge in [-0.2, -0.15) is 0 Å². The molecule has 0 bridgehead atoms. The molecule has 11 heteroatoms. The first-order valence-electron chi connectivity index (χ1n) is 9.04. The van der Waals surface area contributed by atoms with Gasteiger partial charge in [0.2, 0.25) is 11.8 Å². The van der Waals surface area contributed by atoms with Crippen molar-refractivity contribution >= 4 is 29.3 Å². The summed E-state index contributed by atoms with van der Waals surface area (Å²) in [5, 5.41) is 15.8. The van der Waals surface area contributed by atoms with Crippen molar-refractivity contribution in [2.75, 3.05) is 18.5 Å². The Hall–Kier alpha value is -4.03. The van der Waals surface area contributed by atoms with E-state index in [1.807, 2.05) is 0 Å². The van der Waals surface area contributed by atoms with Gasteiger partial charge in [-0.25, -0.2) is 0 Å². The van der Waals surface area contributed by atoms with Crippen LogP contribution in [0.4, 0.5) is 5.69 Å². The molecule has 0 aliphatic rings. The lowest BCUT2D eigenvalue weighted by Gasteiger charge is -2.12. The standard InChI is InChI=1S/C19H23N7O4/c1-2-30-18(29)12-15(4-3-11-23-26-22)25-17(28)10-9-16(27)24-14-7-5-13(6-8-14)19(20)21/h5-8,15H,2,9-12H2,1H3,(H3,20,21)(H,24,27)(H,25,28). The van der Waals surface area contributed by atoms with Gasteiger partial charge in [0.1, 0.15) is 11.9 Å². The smallest absolute Gasteiger partial charge is 0.308 e. The van der Waals surface area contributed by atoms with Crippen LogP contribution < -0.4 is 16.4 Å². The van der Waals surface area contributed by atoms with E-state index >= 15 is 0 Å². The molecule has 0 aliphatic carbocycles. The van der Waals surface area contributed by atoms with Crippen LogP contribution in [0, 0.1) is 17.3 Å². The number of carbonyl (C=O) groups is 3. The van der Waals surface area contributed by atoms with Crippen molar-refractivity contribution in [2.45, 2.75) is 32.2 Å². The van der Waals surface area contributed by atoms with Crippen molar-refractivity contribution in [3.63, 3.8) is 0 Å². The maximum absolute atomic E-state index is 12.1. The van der Waals surface area contributed by atoms with Crippen LogP contribution >= 0.6 is 0 Å². The van der Waals surface area contributed by atoms with Crippen LogP contribution in [0.25, 0.3) is 10.4 Å². The van der Waals surface area contributed by atoms with E-state index in [1.54, 1.807) is 31.2 Å². The Labute approximate surface area is 173 Å². The van der Waals surface area contributed by atoms with Crippen molar-refractivity contribution in [1.29, 1.82) is 5.41 Å². The lowest BCUT2D eigenvalue weighted by Crippen LogP contribution is -2.36. The van der Waals surface area contributed by atoms with Crippen LogP contribution in [0.5, 0.6) is 0 Å². The Morgan fingerprint density at radius 2 is 1.93 bits per heavy atom. The molecule has 1 aromatic rings. The first-order chi connectivity index (χ1) is 14.3. The van der Waals surface area contributed by atoms with E-state index in [4.69, 9.17) is 21.4 Å². The van der Waals surface area contributed by atoms with Crippen molar-refractivity contribution in [3.05, 3.63) is 40.3 Å². The first kappa shape index (κ1) is 24.0. The lowest BCUT2D eigenvalue weighted by atomic mass is 10.1. The van der Waals surface area contributed by atoms with Crippen LogP contribution in [0.2, 0.25) is 0 Å². The summed E-state index contributed by atoms with van der Waals surface area (Å²) in [6.07, 6.45) is -0.370. The van der Waals surface area contributed by atoms with Gasteiger partial charge in [-0.3, -0.25) is 19.8 Å². The Morgan fingerprint density at radius 3 is 2.53 bits per heavy atom. The van der Waals surface area contributed by atoms with E-state index in [-0.39, 0.29) is 44.2 Å². The molecular weight excluding hydrogens is 390 g/mol. The SMILES string of the molecule is CCOC(=O)CC(C#CCN=[N+]=[N-])NC(=O)CCC(=O)Nc1ccc(C(=N)N)cc1. The van der Waals surface area contributed by atoms with Gasteiger partial charge in [-0.1, -0.05) is 17.0 Å². The Kier molecular flexibility index (Phi) is 10.6. The molecule has 1 rings (SSSR count). The van der Waals surface area contributed by atoms with E-state index < -0.39 is 17.9 Å². The largest absolute Gasteiger partial charge is 0.466 e. The molecule has 5 N–H and O–H groups in total. The van der Waals surface area contributed by atoms with Crippen LogP contribution in [-0.2, 0) is 19.1 Å². The molecule has 0 saturated carbocycles. The van der Waals surface area contributed by atoms with Gasteiger partial charge in [0.25, 0.3) is 0 Å². The number of nitrogens with zero attached hydrogens (tertiary/aromatic N) is 3. The number of nitrogens with two attached hydrogens (primary N) is 1. The minimum absolute atomic E-state index is 0.0792. The first-order valence-corrected chi connectivity index (χ1v) is 9.04. The van der Waals surface area contributed by atoms with Gasteiger partial charge in [0.15, 0.2) is 0 Å². The fourth-order valence-corrected chi connectivity index (χ4v) is 2.21. The summed E-state index contributed by atoms with van der Waals surface area (Å²) in [5.74, 6) is 3.73. The zero-order valence-electron chi connectivity index (χ0n) is 16.5. The molecule has 0 spiro atoms. The number of esters is 1. The molecule has 11 nitrogen and oxygen atoms in total. The number of azide groups is 1. The molecule has 0 saturated heterocycles. The third kappa shape index (κ3) is 9.77. The van der Waals surface area contributed by atoms with Crippen LogP contribution in [0.3, 0.4) is 0 Å². The van der Waals surface area contributed by atoms with Gasteiger partial charge < -0.3 is 21.1 Å². The van der Waals surface area contributed by atoms with Crippen LogP contribution in [0.1, 0.15) is 31.7 Å². The van der Waals surface area contributed by atoms with Crippen LogP contribution in [-0.4, -0.2) is 42.8 Å². The Balaban J connectivity index is 2.56. The normalized spacial score (nSPS) is 10.4. The van der Waals surface area contributed by atoms with E-state index in [0.717, 1.165) is 0 Å². The molecule has 0 fully saturated rings. The van der Waals surface area contributed by atoms with Gasteiger partial charge in [-0.05, 0) is 36.7 Å². The predicted molar refractivity (Wildman–Crippen MR) is 110 cm³/mol. The third-order valence-electron chi connectivity index (χ3n) is 3.56. The molecule has 30 heavy (non-hydrogen) atoms. The average Bonchev–Trinajstić information content (AvgIpc) is 2.70. The molecule has 0 heterocycles. The van der Waals surface area contributed by atoms with Crippen LogP contribution in [0.15, 0.2) is 29.4 Å². The summed E-state index contributed by atoms with van der Waals surface area (Å²) in [7, 11) is 0. The molecule has 0 aliphatic heterocycles. The summed E-state index contributed by atoms with van der Waals surface area (Å²) in [5.41, 5.74) is 14.7. The Morgan fingerprint density at radius 1 is 1.27 bits per heavy atom.